The van der Waals surface area contributed by atoms with E-state index in [4.69, 9.17) is 28.0 Å². The summed E-state index contributed by atoms with van der Waals surface area (Å²) in [5.74, 6) is 3.00. The molecule has 6 heteroatoms. The second kappa shape index (κ2) is 8.22. The molecule has 0 radical (unpaired) electrons. The van der Waals surface area contributed by atoms with Crippen LogP contribution >= 0.6 is 45.9 Å². The summed E-state index contributed by atoms with van der Waals surface area (Å²) in [5, 5.41) is 4.31. The van der Waals surface area contributed by atoms with E-state index in [1.807, 2.05) is 12.1 Å². The molecule has 2 saturated carbocycles. The molecule has 2 aliphatic rings. The molecular weight excluding hydrogens is 405 g/mol. The lowest BCUT2D eigenvalue weighted by Gasteiger charge is -2.06. The lowest BCUT2D eigenvalue weighted by Crippen LogP contribution is -2.01. The van der Waals surface area contributed by atoms with Crippen molar-refractivity contribution in [1.82, 2.24) is 0 Å². The SMILES string of the molecule is CON=C(CCC1CC1c1ccc(Cl)s1)CCC1CC1c1ccc(Cl)s1. The summed E-state index contributed by atoms with van der Waals surface area (Å²) in [6.45, 7) is 0. The maximum Gasteiger partial charge on any atom is 0.106 e. The van der Waals surface area contributed by atoms with Crippen LogP contribution in [0.25, 0.3) is 0 Å². The maximum absolute atomic E-state index is 6.06. The van der Waals surface area contributed by atoms with Crippen LogP contribution in [0, 0.1) is 11.8 Å². The van der Waals surface area contributed by atoms with Crippen LogP contribution in [-0.2, 0) is 4.84 Å². The van der Waals surface area contributed by atoms with E-state index in [1.54, 1.807) is 29.8 Å². The minimum atomic E-state index is 0.715. The minimum Gasteiger partial charge on any atom is -0.399 e. The van der Waals surface area contributed by atoms with Gasteiger partial charge in [-0.05, 0) is 86.5 Å². The van der Waals surface area contributed by atoms with Crippen LogP contribution in [0.15, 0.2) is 29.4 Å². The highest BCUT2D eigenvalue weighted by molar-refractivity contribution is 7.16. The van der Waals surface area contributed by atoms with Gasteiger partial charge in [0.25, 0.3) is 0 Å². The fourth-order valence-electron chi connectivity index (χ4n) is 3.93. The molecule has 2 heterocycles. The second-order valence-electron chi connectivity index (χ2n) is 7.41. The first-order chi connectivity index (χ1) is 12.6. The molecule has 4 atom stereocenters. The van der Waals surface area contributed by atoms with Crippen LogP contribution < -0.4 is 0 Å². The van der Waals surface area contributed by atoms with E-state index in [0.717, 1.165) is 33.4 Å². The zero-order chi connectivity index (χ0) is 18.1. The van der Waals surface area contributed by atoms with Gasteiger partial charge in [-0.1, -0.05) is 28.4 Å². The average molecular weight is 428 g/mol. The molecule has 26 heavy (non-hydrogen) atoms. The van der Waals surface area contributed by atoms with Gasteiger partial charge in [-0.15, -0.1) is 22.7 Å². The lowest BCUT2D eigenvalue weighted by atomic mass is 10.0. The molecule has 2 fully saturated rings. The van der Waals surface area contributed by atoms with Gasteiger partial charge < -0.3 is 4.84 Å². The number of hydrogen-bond acceptors (Lipinski definition) is 4. The van der Waals surface area contributed by atoms with Gasteiger partial charge in [0.1, 0.15) is 7.11 Å². The van der Waals surface area contributed by atoms with Crippen LogP contribution in [0.1, 0.15) is 60.1 Å². The van der Waals surface area contributed by atoms with Crippen molar-refractivity contribution < 1.29 is 4.84 Å². The number of thiophene rings is 2. The Balaban J connectivity index is 1.21. The number of rotatable bonds is 9. The molecule has 4 unspecified atom stereocenters. The minimum absolute atomic E-state index is 0.715. The standard InChI is InChI=1S/C20H23Cl2NOS2/c1-24-23-14(4-2-12-10-15(12)17-6-8-19(21)25-17)5-3-13-11-16(13)18-7-9-20(22)26-18/h6-9,12-13,15-16H,2-5,10-11H2,1H3. The Kier molecular flexibility index (Phi) is 5.94. The number of hydrogen-bond donors (Lipinski definition) is 0. The van der Waals surface area contributed by atoms with E-state index < -0.39 is 0 Å². The van der Waals surface area contributed by atoms with Crippen LogP contribution in [-0.4, -0.2) is 12.8 Å². The van der Waals surface area contributed by atoms with Crippen molar-refractivity contribution >= 4 is 51.6 Å². The topological polar surface area (TPSA) is 21.6 Å². The van der Waals surface area contributed by atoms with Gasteiger partial charge in [0.2, 0.25) is 0 Å². The summed E-state index contributed by atoms with van der Waals surface area (Å²) in [4.78, 5) is 7.99. The largest absolute Gasteiger partial charge is 0.399 e. The predicted molar refractivity (Wildman–Crippen MR) is 113 cm³/mol. The van der Waals surface area contributed by atoms with Gasteiger partial charge in [-0.2, -0.15) is 0 Å². The molecule has 0 saturated heterocycles. The molecule has 0 spiro atoms. The fraction of sp³-hybridized carbons (Fsp3) is 0.550. The number of halogens is 2. The van der Waals surface area contributed by atoms with E-state index >= 15 is 0 Å². The molecule has 0 amide bonds. The zero-order valence-electron chi connectivity index (χ0n) is 14.8. The van der Waals surface area contributed by atoms with Crippen molar-refractivity contribution in [3.8, 4) is 0 Å². The number of oxime groups is 1. The Bertz CT molecular complexity index is 724. The zero-order valence-corrected chi connectivity index (χ0v) is 17.9. The third-order valence-corrected chi connectivity index (χ3v) is 8.32. The Morgan fingerprint density at radius 3 is 1.85 bits per heavy atom. The third kappa shape index (κ3) is 4.64. The van der Waals surface area contributed by atoms with Gasteiger partial charge in [0, 0.05) is 9.75 Å². The summed E-state index contributed by atoms with van der Waals surface area (Å²) in [6.07, 6.45) is 7.10. The normalized spacial score (nSPS) is 26.6. The Hall–Kier alpha value is -0.550. The van der Waals surface area contributed by atoms with Gasteiger partial charge >= 0.3 is 0 Å². The highest BCUT2D eigenvalue weighted by Crippen LogP contribution is 2.54. The summed E-state index contributed by atoms with van der Waals surface area (Å²) in [5.41, 5.74) is 1.22. The van der Waals surface area contributed by atoms with Crippen molar-refractivity contribution in [2.75, 3.05) is 7.11 Å². The molecule has 4 rings (SSSR count). The Morgan fingerprint density at radius 1 is 0.962 bits per heavy atom. The molecule has 2 nitrogen and oxygen atoms in total. The summed E-state index contributed by atoms with van der Waals surface area (Å²) in [7, 11) is 1.65. The quantitative estimate of drug-likeness (QED) is 0.298. The predicted octanol–water partition coefficient (Wildman–Crippen LogP) is 7.59. The molecule has 0 N–H and O–H groups in total. The molecule has 0 aromatic carbocycles. The molecule has 140 valence electrons. The van der Waals surface area contributed by atoms with Crippen molar-refractivity contribution in [1.29, 1.82) is 0 Å². The van der Waals surface area contributed by atoms with Crippen LogP contribution in [0.3, 0.4) is 0 Å². The van der Waals surface area contributed by atoms with E-state index in [9.17, 15) is 0 Å². The van der Waals surface area contributed by atoms with Crippen molar-refractivity contribution in [3.63, 3.8) is 0 Å². The van der Waals surface area contributed by atoms with Crippen LogP contribution in [0.4, 0.5) is 0 Å². The molecule has 2 aromatic heterocycles. The molecule has 2 aromatic rings. The van der Waals surface area contributed by atoms with Crippen molar-refractivity contribution in [2.24, 2.45) is 17.0 Å². The van der Waals surface area contributed by atoms with Crippen molar-refractivity contribution in [2.45, 2.75) is 50.4 Å². The van der Waals surface area contributed by atoms with Gasteiger partial charge in [-0.25, -0.2) is 0 Å². The van der Waals surface area contributed by atoms with E-state index in [0.29, 0.717) is 11.8 Å². The number of nitrogens with zero attached hydrogens (tertiary/aromatic N) is 1. The van der Waals surface area contributed by atoms with E-state index in [2.05, 4.69) is 17.3 Å². The van der Waals surface area contributed by atoms with E-state index in [1.165, 1.54) is 41.1 Å². The monoisotopic (exact) mass is 427 g/mol. The maximum atomic E-state index is 6.06. The smallest absolute Gasteiger partial charge is 0.106 e. The van der Waals surface area contributed by atoms with Gasteiger partial charge in [0.05, 0.1) is 14.4 Å². The third-order valence-electron chi connectivity index (χ3n) is 5.59. The summed E-state index contributed by atoms with van der Waals surface area (Å²) >= 11 is 15.6. The first-order valence-electron chi connectivity index (χ1n) is 9.23. The lowest BCUT2D eigenvalue weighted by molar-refractivity contribution is 0.211. The highest BCUT2D eigenvalue weighted by atomic mass is 35.5. The molecular formula is C20H23Cl2NOS2. The molecule has 0 bridgehead atoms. The summed E-state index contributed by atoms with van der Waals surface area (Å²) < 4.78 is 1.80. The average Bonchev–Trinajstić information content (AvgIpc) is 3.49. The Morgan fingerprint density at radius 2 is 1.46 bits per heavy atom. The first kappa shape index (κ1) is 18.8. The second-order valence-corrected chi connectivity index (χ2v) is 10.9. The van der Waals surface area contributed by atoms with Gasteiger partial charge in [-0.3, -0.25) is 0 Å². The first-order valence-corrected chi connectivity index (χ1v) is 11.6. The van der Waals surface area contributed by atoms with Crippen LogP contribution in [0.2, 0.25) is 8.67 Å². The van der Waals surface area contributed by atoms with E-state index in [-0.39, 0.29) is 0 Å². The molecule has 0 aliphatic heterocycles. The molecule has 2 aliphatic carbocycles. The van der Waals surface area contributed by atoms with Crippen molar-refractivity contribution in [3.05, 3.63) is 42.7 Å². The summed E-state index contributed by atoms with van der Waals surface area (Å²) in [6, 6.07) is 8.40. The fourth-order valence-corrected chi connectivity index (χ4v) is 6.47. The van der Waals surface area contributed by atoms with Crippen LogP contribution in [0.5, 0.6) is 0 Å². The van der Waals surface area contributed by atoms with Gasteiger partial charge in [0.15, 0.2) is 0 Å². The Labute approximate surface area is 173 Å². The highest BCUT2D eigenvalue weighted by Gasteiger charge is 2.40.